The number of hydrogen-bond donors (Lipinski definition) is 1. The molecular weight excluding hydrogens is 391 g/mol. The number of carbonyl (C=O) groups excluding carboxylic acids is 1. The van der Waals surface area contributed by atoms with E-state index >= 15 is 0 Å². The molecule has 3 heterocycles. The monoisotopic (exact) mass is 420 g/mol. The first-order valence-electron chi connectivity index (χ1n) is 9.35. The minimum Gasteiger partial charge on any atom is -0.379 e. The summed E-state index contributed by atoms with van der Waals surface area (Å²) >= 11 is 0. The zero-order chi connectivity index (χ0) is 17.4. The van der Waals surface area contributed by atoms with Gasteiger partial charge in [-0.25, -0.2) is 4.68 Å². The fourth-order valence-corrected chi connectivity index (χ4v) is 4.39. The van der Waals surface area contributed by atoms with Crippen molar-refractivity contribution in [2.45, 2.75) is 43.8 Å². The molecule has 2 N–H and O–H groups in total. The van der Waals surface area contributed by atoms with Crippen LogP contribution in [0.3, 0.4) is 0 Å². The molecule has 0 aromatic carbocycles. The van der Waals surface area contributed by atoms with Gasteiger partial charge in [-0.3, -0.25) is 4.79 Å². The van der Waals surface area contributed by atoms with Crippen molar-refractivity contribution in [3.8, 4) is 0 Å². The standard InChI is InChI=1S/C17H28N6O2.2ClH/c1-21-6-12-7-22(15(8-21)11-25-10-12)17(24)16-9-23(20-19-16)14-4-2-13(18)3-5-14;;/h9,12-15H,2-8,10-11,18H2,1H3;2*1H/t12-,13?,14?,15-;;/m0../s1. The number of halogens is 2. The Morgan fingerprint density at radius 1 is 1.11 bits per heavy atom. The van der Waals surface area contributed by atoms with Crippen LogP contribution in [0.15, 0.2) is 6.20 Å². The first kappa shape index (κ1) is 22.4. The number of aromatic nitrogens is 3. The van der Waals surface area contributed by atoms with Crippen LogP contribution in [0.1, 0.15) is 42.2 Å². The number of fused-ring (bicyclic) bond motifs is 3. The van der Waals surface area contributed by atoms with Crippen molar-refractivity contribution in [1.82, 2.24) is 24.8 Å². The number of amides is 1. The molecule has 0 spiro atoms. The van der Waals surface area contributed by atoms with E-state index in [9.17, 15) is 4.79 Å². The minimum absolute atomic E-state index is 0. The van der Waals surface area contributed by atoms with Crippen LogP contribution in [-0.4, -0.2) is 82.7 Å². The summed E-state index contributed by atoms with van der Waals surface area (Å²) in [6.45, 7) is 3.87. The van der Waals surface area contributed by atoms with Crippen LogP contribution in [-0.2, 0) is 4.74 Å². The number of ether oxygens (including phenoxy) is 1. The van der Waals surface area contributed by atoms with Gasteiger partial charge < -0.3 is 20.3 Å². The third-order valence-corrected chi connectivity index (χ3v) is 5.76. The molecule has 4 rings (SSSR count). The topological polar surface area (TPSA) is 89.5 Å². The minimum atomic E-state index is -0.0189. The smallest absolute Gasteiger partial charge is 0.276 e. The van der Waals surface area contributed by atoms with E-state index in [1.165, 1.54) is 0 Å². The molecule has 8 nitrogen and oxygen atoms in total. The molecule has 27 heavy (non-hydrogen) atoms. The highest BCUT2D eigenvalue weighted by Gasteiger charge is 2.36. The Kier molecular flexibility index (Phi) is 7.88. The van der Waals surface area contributed by atoms with Crippen LogP contribution in [0.25, 0.3) is 0 Å². The molecule has 0 unspecified atom stereocenters. The maximum absolute atomic E-state index is 13.1. The van der Waals surface area contributed by atoms with Gasteiger partial charge in [0.1, 0.15) is 0 Å². The number of nitrogens with zero attached hydrogens (tertiary/aromatic N) is 5. The summed E-state index contributed by atoms with van der Waals surface area (Å²) in [6, 6.07) is 0.698. The van der Waals surface area contributed by atoms with Crippen molar-refractivity contribution in [3.05, 3.63) is 11.9 Å². The largest absolute Gasteiger partial charge is 0.379 e. The maximum Gasteiger partial charge on any atom is 0.276 e. The Morgan fingerprint density at radius 3 is 2.59 bits per heavy atom. The van der Waals surface area contributed by atoms with E-state index in [0.29, 0.717) is 30.3 Å². The maximum atomic E-state index is 13.1. The van der Waals surface area contributed by atoms with Gasteiger partial charge in [0.05, 0.1) is 31.5 Å². The number of likely N-dealkylation sites (N-methyl/N-ethyl adjacent to an activating group) is 1. The summed E-state index contributed by atoms with van der Waals surface area (Å²) in [7, 11) is 2.11. The highest BCUT2D eigenvalue weighted by Crippen LogP contribution is 2.27. The fourth-order valence-electron chi connectivity index (χ4n) is 4.39. The lowest BCUT2D eigenvalue weighted by Crippen LogP contribution is -2.46. The molecule has 154 valence electrons. The lowest BCUT2D eigenvalue weighted by Gasteiger charge is -2.29. The lowest BCUT2D eigenvalue weighted by molar-refractivity contribution is 0.0480. The van der Waals surface area contributed by atoms with E-state index in [0.717, 1.165) is 51.9 Å². The van der Waals surface area contributed by atoms with Crippen molar-refractivity contribution >= 4 is 30.7 Å². The molecule has 2 atom stereocenters. The molecule has 3 aliphatic rings. The van der Waals surface area contributed by atoms with Crippen LogP contribution in [0.4, 0.5) is 0 Å². The molecule has 1 aromatic heterocycles. The Morgan fingerprint density at radius 2 is 1.85 bits per heavy atom. The molecule has 2 saturated heterocycles. The number of hydrogen-bond acceptors (Lipinski definition) is 6. The second-order valence-corrected chi connectivity index (χ2v) is 7.89. The predicted octanol–water partition coefficient (Wildman–Crippen LogP) is 0.967. The SMILES string of the molecule is CN1C[C@@H]2COC[C@H](C1)N(C(=O)c1cn(C3CCC(N)CC3)nn1)C2.Cl.Cl. The third-order valence-electron chi connectivity index (χ3n) is 5.76. The Labute approximate surface area is 172 Å². The molecule has 2 aliphatic heterocycles. The van der Waals surface area contributed by atoms with Crippen LogP contribution < -0.4 is 5.73 Å². The van der Waals surface area contributed by atoms with Gasteiger partial charge in [0.25, 0.3) is 5.91 Å². The average molecular weight is 421 g/mol. The van der Waals surface area contributed by atoms with Gasteiger partial charge in [-0.05, 0) is 32.7 Å². The van der Waals surface area contributed by atoms with E-state index < -0.39 is 0 Å². The summed E-state index contributed by atoms with van der Waals surface area (Å²) in [4.78, 5) is 17.3. The Hall–Kier alpha value is -0.930. The third kappa shape index (κ3) is 4.92. The zero-order valence-electron chi connectivity index (χ0n) is 15.7. The van der Waals surface area contributed by atoms with Crippen LogP contribution >= 0.6 is 24.8 Å². The highest BCUT2D eigenvalue weighted by atomic mass is 35.5. The van der Waals surface area contributed by atoms with Crippen LogP contribution in [0.5, 0.6) is 0 Å². The Balaban J connectivity index is 0.00000131. The highest BCUT2D eigenvalue weighted by molar-refractivity contribution is 5.92. The second-order valence-electron chi connectivity index (χ2n) is 7.89. The summed E-state index contributed by atoms with van der Waals surface area (Å²) < 4.78 is 7.63. The summed E-state index contributed by atoms with van der Waals surface area (Å²) in [5, 5.41) is 8.43. The van der Waals surface area contributed by atoms with E-state index in [2.05, 4.69) is 22.3 Å². The van der Waals surface area contributed by atoms with Crippen molar-refractivity contribution < 1.29 is 9.53 Å². The molecule has 2 bridgehead atoms. The van der Waals surface area contributed by atoms with Crippen molar-refractivity contribution in [3.63, 3.8) is 0 Å². The number of carbonyl (C=O) groups is 1. The molecule has 10 heteroatoms. The molecule has 0 radical (unpaired) electrons. The van der Waals surface area contributed by atoms with Gasteiger partial charge in [-0.2, -0.15) is 0 Å². The second kappa shape index (κ2) is 9.52. The Bertz CT molecular complexity index is 622. The van der Waals surface area contributed by atoms with Gasteiger partial charge in [0.2, 0.25) is 0 Å². The first-order valence-corrected chi connectivity index (χ1v) is 9.35. The summed E-state index contributed by atoms with van der Waals surface area (Å²) in [6.07, 6.45) is 5.85. The molecular formula is C17H30Cl2N6O2. The van der Waals surface area contributed by atoms with Gasteiger partial charge in [-0.1, -0.05) is 5.21 Å². The zero-order valence-corrected chi connectivity index (χ0v) is 17.3. The van der Waals surface area contributed by atoms with E-state index in [4.69, 9.17) is 10.5 Å². The molecule has 1 aliphatic carbocycles. The van der Waals surface area contributed by atoms with Crippen LogP contribution in [0, 0.1) is 5.92 Å². The normalized spacial score (nSPS) is 31.4. The lowest BCUT2D eigenvalue weighted by atomic mass is 9.92. The fraction of sp³-hybridized carbons (Fsp3) is 0.824. The van der Waals surface area contributed by atoms with Crippen molar-refractivity contribution in [1.29, 1.82) is 0 Å². The quantitative estimate of drug-likeness (QED) is 0.766. The molecule has 1 amide bonds. The number of rotatable bonds is 2. The van der Waals surface area contributed by atoms with E-state index in [1.807, 2.05) is 15.8 Å². The van der Waals surface area contributed by atoms with Crippen molar-refractivity contribution in [2.24, 2.45) is 11.7 Å². The van der Waals surface area contributed by atoms with E-state index in [1.54, 1.807) is 0 Å². The van der Waals surface area contributed by atoms with Gasteiger partial charge in [0, 0.05) is 31.6 Å². The average Bonchev–Trinajstić information content (AvgIpc) is 2.92. The van der Waals surface area contributed by atoms with Crippen molar-refractivity contribution in [2.75, 3.05) is 39.9 Å². The van der Waals surface area contributed by atoms with Gasteiger partial charge >= 0.3 is 0 Å². The molecule has 3 fully saturated rings. The predicted molar refractivity (Wildman–Crippen MR) is 107 cm³/mol. The van der Waals surface area contributed by atoms with Gasteiger partial charge in [0.15, 0.2) is 5.69 Å². The summed E-state index contributed by atoms with van der Waals surface area (Å²) in [5.74, 6) is 0.339. The first-order chi connectivity index (χ1) is 12.1. The number of nitrogens with two attached hydrogens (primary N) is 1. The summed E-state index contributed by atoms with van der Waals surface area (Å²) in [5.41, 5.74) is 6.43. The molecule has 1 aromatic rings. The van der Waals surface area contributed by atoms with E-state index in [-0.39, 0.29) is 36.8 Å². The molecule has 1 saturated carbocycles. The van der Waals surface area contributed by atoms with Gasteiger partial charge in [-0.15, -0.1) is 29.9 Å². The van der Waals surface area contributed by atoms with Crippen LogP contribution in [0.2, 0.25) is 0 Å².